The molecule has 1 fully saturated rings. The Hall–Kier alpha value is -3.14. The minimum atomic E-state index is -0.320. The topological polar surface area (TPSA) is 44.1 Å². The van der Waals surface area contributed by atoms with E-state index in [1.165, 1.54) is 32.1 Å². The van der Waals surface area contributed by atoms with Gasteiger partial charge in [-0.2, -0.15) is 0 Å². The molecule has 4 aromatic rings. The quantitative estimate of drug-likeness (QED) is 0.321. The fraction of sp³-hybridized carbons (Fsp3) is 0.280. The minimum Gasteiger partial charge on any atom is -0.423 e. The van der Waals surface area contributed by atoms with E-state index in [4.69, 9.17) is 4.74 Å². The van der Waals surface area contributed by atoms with Crippen LogP contribution in [0.1, 0.15) is 42.5 Å². The van der Waals surface area contributed by atoms with Crippen LogP contribution < -0.4 is 4.74 Å². The van der Waals surface area contributed by atoms with Gasteiger partial charge in [0.15, 0.2) is 0 Å². The zero-order valence-electron chi connectivity index (χ0n) is 16.4. The normalized spacial score (nSPS) is 15.0. The highest BCUT2D eigenvalue weighted by Crippen LogP contribution is 2.29. The average molecular weight is 384 g/mol. The molecule has 0 unspecified atom stereocenters. The van der Waals surface area contributed by atoms with Crippen LogP contribution in [-0.4, -0.2) is 15.5 Å². The summed E-state index contributed by atoms with van der Waals surface area (Å²) in [4.78, 5) is 17.4. The summed E-state index contributed by atoms with van der Waals surface area (Å²) in [6.45, 7) is 0.966. The van der Waals surface area contributed by atoms with Crippen molar-refractivity contribution in [3.63, 3.8) is 0 Å². The molecule has 1 aliphatic rings. The number of hydrogen-bond acceptors (Lipinski definition) is 3. The maximum atomic E-state index is 13.0. The van der Waals surface area contributed by atoms with Gasteiger partial charge in [-0.15, -0.1) is 0 Å². The van der Waals surface area contributed by atoms with E-state index in [2.05, 4.69) is 15.6 Å². The summed E-state index contributed by atoms with van der Waals surface area (Å²) in [7, 11) is 0. The maximum absolute atomic E-state index is 13.0. The van der Waals surface area contributed by atoms with E-state index < -0.39 is 0 Å². The highest BCUT2D eigenvalue weighted by atomic mass is 16.5. The largest absolute Gasteiger partial charge is 0.423 e. The van der Waals surface area contributed by atoms with Crippen LogP contribution in [-0.2, 0) is 6.54 Å². The lowest BCUT2D eigenvalue weighted by molar-refractivity contribution is 0.0736. The van der Waals surface area contributed by atoms with Crippen LogP contribution in [0.15, 0.2) is 67.0 Å². The van der Waals surface area contributed by atoms with E-state index in [1.807, 2.05) is 54.7 Å². The van der Waals surface area contributed by atoms with Crippen molar-refractivity contribution in [1.82, 2.24) is 9.55 Å². The molecule has 0 amide bonds. The van der Waals surface area contributed by atoms with Crippen molar-refractivity contribution in [3.8, 4) is 5.75 Å². The van der Waals surface area contributed by atoms with Crippen molar-refractivity contribution < 1.29 is 9.53 Å². The number of esters is 1. The molecule has 146 valence electrons. The van der Waals surface area contributed by atoms with Gasteiger partial charge in [0.1, 0.15) is 5.75 Å². The minimum absolute atomic E-state index is 0.320. The first-order valence-corrected chi connectivity index (χ1v) is 10.4. The fourth-order valence-corrected chi connectivity index (χ4v) is 4.48. The van der Waals surface area contributed by atoms with Crippen LogP contribution in [0.25, 0.3) is 21.8 Å². The number of hydrogen-bond donors (Lipinski definition) is 0. The van der Waals surface area contributed by atoms with Gasteiger partial charge in [0.05, 0.1) is 11.1 Å². The summed E-state index contributed by atoms with van der Waals surface area (Å²) >= 11 is 0. The predicted octanol–water partition coefficient (Wildman–Crippen LogP) is 5.99. The van der Waals surface area contributed by atoms with E-state index in [9.17, 15) is 4.79 Å². The van der Waals surface area contributed by atoms with E-state index in [0.29, 0.717) is 17.2 Å². The third-order valence-electron chi connectivity index (χ3n) is 5.98. The fourth-order valence-electron chi connectivity index (χ4n) is 4.48. The third kappa shape index (κ3) is 3.63. The Kier molecular flexibility index (Phi) is 4.76. The van der Waals surface area contributed by atoms with Gasteiger partial charge >= 0.3 is 5.97 Å². The lowest BCUT2D eigenvalue weighted by Gasteiger charge is -2.22. The van der Waals surface area contributed by atoms with Crippen LogP contribution in [0.4, 0.5) is 0 Å². The summed E-state index contributed by atoms with van der Waals surface area (Å²) in [5, 5.41) is 1.98. The maximum Gasteiger partial charge on any atom is 0.345 e. The second-order valence-corrected chi connectivity index (χ2v) is 7.96. The van der Waals surface area contributed by atoms with Crippen molar-refractivity contribution >= 4 is 27.8 Å². The van der Waals surface area contributed by atoms with Crippen molar-refractivity contribution in [3.05, 3.63) is 72.6 Å². The van der Waals surface area contributed by atoms with Crippen LogP contribution in [0.3, 0.4) is 0 Å². The number of ether oxygens (including phenoxy) is 1. The van der Waals surface area contributed by atoms with Crippen molar-refractivity contribution in [2.75, 3.05) is 0 Å². The third-order valence-corrected chi connectivity index (χ3v) is 5.98. The lowest BCUT2D eigenvalue weighted by Crippen LogP contribution is -2.13. The van der Waals surface area contributed by atoms with Crippen LogP contribution in [0.5, 0.6) is 5.75 Å². The molecule has 0 N–H and O–H groups in total. The number of carbonyl (C=O) groups is 1. The van der Waals surface area contributed by atoms with Gasteiger partial charge in [-0.25, -0.2) is 4.79 Å². The smallest absolute Gasteiger partial charge is 0.345 e. The Morgan fingerprint density at radius 1 is 1.03 bits per heavy atom. The lowest BCUT2D eigenvalue weighted by atomic mass is 9.89. The molecule has 29 heavy (non-hydrogen) atoms. The van der Waals surface area contributed by atoms with Gasteiger partial charge in [0, 0.05) is 41.3 Å². The zero-order chi connectivity index (χ0) is 19.6. The molecule has 0 radical (unpaired) electrons. The number of rotatable bonds is 4. The second-order valence-electron chi connectivity index (χ2n) is 7.96. The molecule has 0 atom stereocenters. The summed E-state index contributed by atoms with van der Waals surface area (Å²) in [5.74, 6) is 0.888. The number of nitrogens with zero attached hydrogens (tertiary/aromatic N) is 2. The molecule has 0 spiro atoms. The first-order valence-electron chi connectivity index (χ1n) is 10.4. The first kappa shape index (κ1) is 17.9. The zero-order valence-corrected chi connectivity index (χ0v) is 16.4. The molecule has 4 nitrogen and oxygen atoms in total. The van der Waals surface area contributed by atoms with Crippen molar-refractivity contribution in [2.45, 2.75) is 38.6 Å². The average Bonchev–Trinajstić information content (AvgIpc) is 3.13. The SMILES string of the molecule is O=C(Oc1ccc2cccnc2c1)c1cn(CC2CCCCC2)c2ccccc12. The molecule has 2 aromatic carbocycles. The van der Waals surface area contributed by atoms with Crippen LogP contribution >= 0.6 is 0 Å². The van der Waals surface area contributed by atoms with Crippen LogP contribution in [0.2, 0.25) is 0 Å². The van der Waals surface area contributed by atoms with Gasteiger partial charge in [-0.3, -0.25) is 4.98 Å². The number of pyridine rings is 1. The Morgan fingerprint density at radius 3 is 2.79 bits per heavy atom. The molecule has 2 heterocycles. The van der Waals surface area contributed by atoms with Gasteiger partial charge < -0.3 is 9.30 Å². The van der Waals surface area contributed by atoms with E-state index in [1.54, 1.807) is 6.20 Å². The second kappa shape index (κ2) is 7.70. The number of aromatic nitrogens is 2. The molecule has 1 saturated carbocycles. The Labute approximate surface area is 170 Å². The Bertz CT molecular complexity index is 1170. The summed E-state index contributed by atoms with van der Waals surface area (Å²) in [6.07, 6.45) is 10.2. The molecule has 5 rings (SSSR count). The standard InChI is InChI=1S/C25H24N2O2/c28-25(29-20-13-12-19-9-6-14-26-23(19)15-20)22-17-27(16-18-7-2-1-3-8-18)24-11-5-4-10-21(22)24/h4-6,9-15,17-18H,1-3,7-8,16H2. The van der Waals surface area contributed by atoms with Crippen LogP contribution in [0, 0.1) is 5.92 Å². The number of para-hydroxylation sites is 1. The molecule has 2 aromatic heterocycles. The molecular weight excluding hydrogens is 360 g/mol. The van der Waals surface area contributed by atoms with Crippen molar-refractivity contribution in [1.29, 1.82) is 0 Å². The summed E-state index contributed by atoms with van der Waals surface area (Å²) < 4.78 is 7.97. The Balaban J connectivity index is 1.44. The van der Waals surface area contributed by atoms with Crippen molar-refractivity contribution in [2.24, 2.45) is 5.92 Å². The molecule has 4 heteroatoms. The van der Waals surface area contributed by atoms with Gasteiger partial charge in [0.25, 0.3) is 0 Å². The van der Waals surface area contributed by atoms with Gasteiger partial charge in [-0.05, 0) is 43.0 Å². The number of fused-ring (bicyclic) bond motifs is 2. The molecular formula is C25H24N2O2. The van der Waals surface area contributed by atoms with E-state index >= 15 is 0 Å². The predicted molar refractivity (Wildman–Crippen MR) is 115 cm³/mol. The molecule has 0 saturated heterocycles. The summed E-state index contributed by atoms with van der Waals surface area (Å²) in [5.41, 5.74) is 2.54. The monoisotopic (exact) mass is 384 g/mol. The summed E-state index contributed by atoms with van der Waals surface area (Å²) in [6, 6.07) is 17.6. The molecule has 0 aliphatic heterocycles. The molecule has 1 aliphatic carbocycles. The Morgan fingerprint density at radius 2 is 1.90 bits per heavy atom. The highest BCUT2D eigenvalue weighted by molar-refractivity contribution is 6.05. The highest BCUT2D eigenvalue weighted by Gasteiger charge is 2.20. The first-order chi connectivity index (χ1) is 14.3. The van der Waals surface area contributed by atoms with Gasteiger partial charge in [-0.1, -0.05) is 43.5 Å². The van der Waals surface area contributed by atoms with E-state index in [-0.39, 0.29) is 5.97 Å². The molecule has 0 bridgehead atoms. The number of carbonyl (C=O) groups excluding carboxylic acids is 1. The van der Waals surface area contributed by atoms with Gasteiger partial charge in [0.2, 0.25) is 0 Å². The van der Waals surface area contributed by atoms with E-state index in [0.717, 1.165) is 28.4 Å². The number of benzene rings is 2.